The third kappa shape index (κ3) is 3.28. The van der Waals surface area contributed by atoms with E-state index in [0.717, 1.165) is 32.7 Å². The fourth-order valence-electron chi connectivity index (χ4n) is 3.98. The highest BCUT2D eigenvalue weighted by molar-refractivity contribution is 7.17. The highest BCUT2D eigenvalue weighted by atomic mass is 32.1. The van der Waals surface area contributed by atoms with E-state index in [9.17, 15) is 9.50 Å². The Morgan fingerprint density at radius 2 is 1.97 bits per heavy atom. The number of rotatable bonds is 5. The highest BCUT2D eigenvalue weighted by Crippen LogP contribution is 2.41. The number of thiazole rings is 1. The third-order valence-electron chi connectivity index (χ3n) is 5.61. The standard InChI is InChI=1S/C21H22FN5O2S/c1-2-25-9-11-26(12-10-25)17(14-6-3-4-7-15(14)22)18-20(28)27-21(30-18)23-19(24-27)16-8-5-13-29-16/h3-8,13,17,28H,2,9-12H2,1H3/t17-/m1/s1. The molecule has 4 heterocycles. The van der Waals surface area contributed by atoms with Crippen LogP contribution in [0.25, 0.3) is 16.5 Å². The lowest BCUT2D eigenvalue weighted by Crippen LogP contribution is -2.47. The van der Waals surface area contributed by atoms with Crippen LogP contribution in [0, 0.1) is 5.82 Å². The Morgan fingerprint density at radius 1 is 1.17 bits per heavy atom. The van der Waals surface area contributed by atoms with Crippen molar-refractivity contribution in [2.75, 3.05) is 32.7 Å². The SMILES string of the molecule is CCN1CCN([C@H](c2ccccc2F)c2sc3nc(-c4ccco4)nn3c2O)CC1. The lowest BCUT2D eigenvalue weighted by atomic mass is 10.0. The molecule has 1 aromatic carbocycles. The minimum Gasteiger partial charge on any atom is -0.492 e. The molecule has 0 bridgehead atoms. The van der Waals surface area contributed by atoms with E-state index in [1.54, 1.807) is 30.5 Å². The van der Waals surface area contributed by atoms with Gasteiger partial charge in [-0.2, -0.15) is 9.50 Å². The van der Waals surface area contributed by atoms with Crippen LogP contribution in [0.4, 0.5) is 4.39 Å². The number of hydrogen-bond donors (Lipinski definition) is 1. The molecule has 7 nitrogen and oxygen atoms in total. The van der Waals surface area contributed by atoms with E-state index in [1.807, 2.05) is 6.07 Å². The number of halogens is 1. The van der Waals surface area contributed by atoms with Gasteiger partial charge in [0.05, 0.1) is 17.2 Å². The lowest BCUT2D eigenvalue weighted by Gasteiger charge is -2.38. The van der Waals surface area contributed by atoms with Gasteiger partial charge < -0.3 is 14.4 Å². The van der Waals surface area contributed by atoms with E-state index in [-0.39, 0.29) is 11.7 Å². The van der Waals surface area contributed by atoms with Gasteiger partial charge in [-0.1, -0.05) is 36.5 Å². The van der Waals surface area contributed by atoms with Gasteiger partial charge in [0.25, 0.3) is 0 Å². The first-order valence-corrected chi connectivity index (χ1v) is 10.8. The Kier molecular flexibility index (Phi) is 5.01. The molecule has 0 amide bonds. The van der Waals surface area contributed by atoms with E-state index >= 15 is 0 Å². The van der Waals surface area contributed by atoms with Gasteiger partial charge >= 0.3 is 0 Å². The summed E-state index contributed by atoms with van der Waals surface area (Å²) in [4.78, 5) is 10.3. The Hall–Kier alpha value is -2.75. The number of benzene rings is 1. The van der Waals surface area contributed by atoms with E-state index in [1.165, 1.54) is 21.9 Å². The molecule has 9 heteroatoms. The van der Waals surface area contributed by atoms with Gasteiger partial charge in [0.15, 0.2) is 5.76 Å². The second-order valence-corrected chi connectivity index (χ2v) is 8.30. The Morgan fingerprint density at radius 3 is 2.63 bits per heavy atom. The molecule has 1 saturated heterocycles. The summed E-state index contributed by atoms with van der Waals surface area (Å²) < 4.78 is 21.6. The summed E-state index contributed by atoms with van der Waals surface area (Å²) in [7, 11) is 0. The summed E-state index contributed by atoms with van der Waals surface area (Å²) in [5.41, 5.74) is 0.550. The van der Waals surface area contributed by atoms with Gasteiger partial charge in [-0.15, -0.1) is 5.10 Å². The molecule has 0 spiro atoms. The Bertz CT molecular complexity index is 1150. The van der Waals surface area contributed by atoms with Crippen molar-refractivity contribution in [1.29, 1.82) is 0 Å². The first-order chi connectivity index (χ1) is 14.7. The van der Waals surface area contributed by atoms with Crippen molar-refractivity contribution in [3.05, 3.63) is 58.9 Å². The molecule has 1 fully saturated rings. The number of aromatic hydroxyl groups is 1. The molecule has 30 heavy (non-hydrogen) atoms. The molecule has 1 atom stereocenters. The molecular weight excluding hydrogens is 405 g/mol. The maximum Gasteiger partial charge on any atom is 0.230 e. The highest BCUT2D eigenvalue weighted by Gasteiger charge is 2.33. The topological polar surface area (TPSA) is 70.0 Å². The normalized spacial score (nSPS) is 17.0. The second kappa shape index (κ2) is 7.82. The van der Waals surface area contributed by atoms with Gasteiger partial charge in [-0.05, 0) is 24.7 Å². The molecule has 5 rings (SSSR count). The van der Waals surface area contributed by atoms with E-state index in [0.29, 0.717) is 27.0 Å². The van der Waals surface area contributed by atoms with Crippen LogP contribution in [-0.2, 0) is 0 Å². The number of fused-ring (bicyclic) bond motifs is 1. The minimum atomic E-state index is -0.397. The number of aromatic nitrogens is 3. The molecule has 3 aromatic heterocycles. The number of hydrogen-bond acceptors (Lipinski definition) is 7. The van der Waals surface area contributed by atoms with E-state index in [2.05, 4.69) is 26.8 Å². The number of likely N-dealkylation sites (N-methyl/N-ethyl adjacent to an activating group) is 1. The summed E-state index contributed by atoms with van der Waals surface area (Å²) in [6.07, 6.45) is 1.56. The van der Waals surface area contributed by atoms with Crippen molar-refractivity contribution in [3.63, 3.8) is 0 Å². The van der Waals surface area contributed by atoms with Crippen LogP contribution in [0.15, 0.2) is 47.1 Å². The summed E-state index contributed by atoms with van der Waals surface area (Å²) in [6.45, 7) is 6.54. The van der Waals surface area contributed by atoms with Crippen molar-refractivity contribution < 1.29 is 13.9 Å². The van der Waals surface area contributed by atoms with E-state index in [4.69, 9.17) is 4.42 Å². The molecule has 1 N–H and O–H groups in total. The van der Waals surface area contributed by atoms with Crippen LogP contribution in [0.3, 0.4) is 0 Å². The summed E-state index contributed by atoms with van der Waals surface area (Å²) >= 11 is 1.33. The molecule has 156 valence electrons. The molecule has 1 aliphatic rings. The van der Waals surface area contributed by atoms with Crippen LogP contribution in [-0.4, -0.2) is 62.2 Å². The number of piperazine rings is 1. The number of furan rings is 1. The predicted molar refractivity (Wildman–Crippen MR) is 112 cm³/mol. The van der Waals surface area contributed by atoms with Crippen LogP contribution in [0.1, 0.15) is 23.4 Å². The molecular formula is C21H22FN5O2S. The van der Waals surface area contributed by atoms with Crippen molar-refractivity contribution in [2.24, 2.45) is 0 Å². The average molecular weight is 428 g/mol. The van der Waals surface area contributed by atoms with Gasteiger partial charge in [0.2, 0.25) is 16.7 Å². The Labute approximate surface area is 177 Å². The zero-order valence-electron chi connectivity index (χ0n) is 16.5. The first kappa shape index (κ1) is 19.2. The predicted octanol–water partition coefficient (Wildman–Crippen LogP) is 3.62. The van der Waals surface area contributed by atoms with E-state index < -0.39 is 6.04 Å². The second-order valence-electron chi connectivity index (χ2n) is 7.29. The quantitative estimate of drug-likeness (QED) is 0.525. The maximum atomic E-state index is 14.8. The van der Waals surface area contributed by atoms with Gasteiger partial charge in [0, 0.05) is 31.7 Å². The smallest absolute Gasteiger partial charge is 0.230 e. The van der Waals surface area contributed by atoms with Gasteiger partial charge in [-0.3, -0.25) is 4.90 Å². The molecule has 4 aromatic rings. The molecule has 0 radical (unpaired) electrons. The fourth-order valence-corrected chi connectivity index (χ4v) is 5.08. The maximum absolute atomic E-state index is 14.8. The van der Waals surface area contributed by atoms with Crippen LogP contribution < -0.4 is 0 Å². The van der Waals surface area contributed by atoms with Crippen LogP contribution in [0.5, 0.6) is 5.88 Å². The molecule has 0 saturated carbocycles. The van der Waals surface area contributed by atoms with Crippen LogP contribution in [0.2, 0.25) is 0 Å². The van der Waals surface area contributed by atoms with Crippen molar-refractivity contribution in [2.45, 2.75) is 13.0 Å². The first-order valence-electron chi connectivity index (χ1n) is 9.99. The summed E-state index contributed by atoms with van der Waals surface area (Å²) in [6, 6.07) is 9.90. The zero-order valence-corrected chi connectivity index (χ0v) is 17.3. The molecule has 0 unspecified atom stereocenters. The summed E-state index contributed by atoms with van der Waals surface area (Å²) in [5, 5.41) is 15.4. The van der Waals surface area contributed by atoms with Crippen molar-refractivity contribution in [1.82, 2.24) is 24.4 Å². The third-order valence-corrected chi connectivity index (χ3v) is 6.68. The zero-order chi connectivity index (χ0) is 20.7. The van der Waals surface area contributed by atoms with Crippen molar-refractivity contribution in [3.8, 4) is 17.5 Å². The van der Waals surface area contributed by atoms with Gasteiger partial charge in [-0.25, -0.2) is 4.39 Å². The Balaban J connectivity index is 1.57. The fraction of sp³-hybridized carbons (Fsp3) is 0.333. The lowest BCUT2D eigenvalue weighted by molar-refractivity contribution is 0.112. The molecule has 1 aliphatic heterocycles. The number of nitrogens with zero attached hydrogens (tertiary/aromatic N) is 5. The van der Waals surface area contributed by atoms with Gasteiger partial charge in [0.1, 0.15) is 5.82 Å². The average Bonchev–Trinajstić information content (AvgIpc) is 3.49. The van der Waals surface area contributed by atoms with Crippen molar-refractivity contribution >= 4 is 16.3 Å². The minimum absolute atomic E-state index is 0.00789. The monoisotopic (exact) mass is 427 g/mol. The van der Waals surface area contributed by atoms with Crippen LogP contribution >= 0.6 is 11.3 Å². The summed E-state index contributed by atoms with van der Waals surface area (Å²) in [5.74, 6) is 0.655. The molecule has 0 aliphatic carbocycles. The largest absolute Gasteiger partial charge is 0.492 e.